The van der Waals surface area contributed by atoms with Gasteiger partial charge in [-0.25, -0.2) is 22.6 Å². The molecule has 182 valence electrons. The normalized spacial score (nSPS) is 15.4. The second-order valence-corrected chi connectivity index (χ2v) is 12.2. The molecule has 2 N–H and O–H groups in total. The third-order valence-corrected chi connectivity index (χ3v) is 8.51. The van der Waals surface area contributed by atoms with Gasteiger partial charge in [0, 0.05) is 11.5 Å². The molecule has 0 bridgehead atoms. The maximum atomic E-state index is 14.8. The highest BCUT2D eigenvalue weighted by atomic mass is 32.2. The summed E-state index contributed by atoms with van der Waals surface area (Å²) in [4.78, 5) is 16.3. The number of anilines is 1. The van der Waals surface area contributed by atoms with Gasteiger partial charge in [-0.3, -0.25) is 4.72 Å². The Morgan fingerprint density at radius 1 is 1.18 bits per heavy atom. The molecular weight excluding hydrogens is 479 g/mol. The fourth-order valence-electron chi connectivity index (χ4n) is 3.86. The highest BCUT2D eigenvalue weighted by Gasteiger charge is 2.25. The van der Waals surface area contributed by atoms with Crippen LogP contribution in [0.2, 0.25) is 0 Å². The Morgan fingerprint density at radius 2 is 1.88 bits per heavy atom. The van der Waals surface area contributed by atoms with E-state index in [-0.39, 0.29) is 33.4 Å². The van der Waals surface area contributed by atoms with Crippen molar-refractivity contribution in [3.63, 3.8) is 0 Å². The smallest absolute Gasteiger partial charge is 0.337 e. The van der Waals surface area contributed by atoms with Gasteiger partial charge in [0.2, 0.25) is 0 Å². The first-order chi connectivity index (χ1) is 15.9. The second kappa shape index (κ2) is 9.14. The first kappa shape index (κ1) is 24.4. The van der Waals surface area contributed by atoms with E-state index in [0.29, 0.717) is 10.2 Å². The minimum Gasteiger partial charge on any atom is -0.487 e. The van der Waals surface area contributed by atoms with Gasteiger partial charge in [-0.15, -0.1) is 11.3 Å². The number of benzene rings is 2. The van der Waals surface area contributed by atoms with Crippen molar-refractivity contribution in [3.05, 3.63) is 46.7 Å². The molecule has 0 spiro atoms. The maximum absolute atomic E-state index is 14.8. The number of rotatable bonds is 6. The Labute approximate surface area is 202 Å². The summed E-state index contributed by atoms with van der Waals surface area (Å²) in [6.07, 6.45) is 4.39. The molecule has 0 aliphatic heterocycles. The van der Waals surface area contributed by atoms with Crippen LogP contribution in [0.15, 0.2) is 35.2 Å². The Balaban J connectivity index is 1.65. The molecule has 2 aromatic carbocycles. The zero-order valence-electron chi connectivity index (χ0n) is 19.2. The summed E-state index contributed by atoms with van der Waals surface area (Å²) in [5.74, 6) is -2.40. The molecule has 0 radical (unpaired) electrons. The van der Waals surface area contributed by atoms with Crippen LogP contribution in [0.3, 0.4) is 0 Å². The molecule has 0 atom stereocenters. The molecule has 1 heterocycles. The Hall–Kier alpha value is -2.72. The van der Waals surface area contributed by atoms with Crippen molar-refractivity contribution in [2.24, 2.45) is 0 Å². The van der Waals surface area contributed by atoms with Crippen molar-refractivity contribution in [3.8, 4) is 5.75 Å². The van der Waals surface area contributed by atoms with Crippen LogP contribution in [-0.2, 0) is 15.4 Å². The number of hydrogen-bond donors (Lipinski definition) is 2. The summed E-state index contributed by atoms with van der Waals surface area (Å²) >= 11 is 1.40. The van der Waals surface area contributed by atoms with Crippen LogP contribution in [-0.4, -0.2) is 30.6 Å². The van der Waals surface area contributed by atoms with Crippen LogP contribution in [0.4, 0.5) is 10.1 Å². The first-order valence-electron chi connectivity index (χ1n) is 11.1. The Bertz CT molecular complexity index is 1340. The van der Waals surface area contributed by atoms with Crippen molar-refractivity contribution >= 4 is 43.2 Å². The van der Waals surface area contributed by atoms with Gasteiger partial charge < -0.3 is 9.84 Å². The SMILES string of the molecule is CC(C)(C)c1nc2ccc(S(=O)(=O)Nc3cc(F)c(OC4CCCCC4)cc3C(=O)O)cc2s1. The van der Waals surface area contributed by atoms with Gasteiger partial charge in [0.15, 0.2) is 11.6 Å². The molecule has 1 aliphatic carbocycles. The molecule has 1 aromatic heterocycles. The van der Waals surface area contributed by atoms with Gasteiger partial charge in [0.25, 0.3) is 10.0 Å². The van der Waals surface area contributed by atoms with Crippen molar-refractivity contribution < 1.29 is 27.4 Å². The predicted molar refractivity (Wildman–Crippen MR) is 130 cm³/mol. The number of carboxylic acids is 1. The number of aromatic nitrogens is 1. The fraction of sp³-hybridized carbons (Fsp3) is 0.417. The van der Waals surface area contributed by atoms with E-state index in [0.717, 1.165) is 49.2 Å². The van der Waals surface area contributed by atoms with Gasteiger partial charge in [0.05, 0.1) is 37.5 Å². The second-order valence-electron chi connectivity index (χ2n) is 9.52. The summed E-state index contributed by atoms with van der Waals surface area (Å²) in [5, 5.41) is 10.5. The van der Waals surface area contributed by atoms with Crippen LogP contribution in [0.5, 0.6) is 5.75 Å². The van der Waals surface area contributed by atoms with Gasteiger partial charge in [-0.2, -0.15) is 0 Å². The lowest BCUT2D eigenvalue weighted by Crippen LogP contribution is -2.21. The maximum Gasteiger partial charge on any atom is 0.337 e. The van der Waals surface area contributed by atoms with Gasteiger partial charge in [-0.05, 0) is 49.9 Å². The third kappa shape index (κ3) is 5.17. The standard InChI is InChI=1S/C24H27FN2O5S2/c1-24(2,3)23-26-18-10-9-15(11-21(18)33-23)34(30,31)27-19-13-17(25)20(12-16(19)22(28)29)32-14-7-5-4-6-8-14/h9-14,27H,4-8H2,1-3H3,(H,28,29). The van der Waals surface area contributed by atoms with E-state index in [2.05, 4.69) is 9.71 Å². The van der Waals surface area contributed by atoms with E-state index in [4.69, 9.17) is 4.74 Å². The summed E-state index contributed by atoms with van der Waals surface area (Å²) in [5.41, 5.74) is -0.253. The lowest BCUT2D eigenvalue weighted by molar-refractivity contribution is 0.0696. The first-order valence-corrected chi connectivity index (χ1v) is 13.4. The number of hydrogen-bond acceptors (Lipinski definition) is 6. The molecule has 1 saturated carbocycles. The van der Waals surface area contributed by atoms with Crippen molar-refractivity contribution in [1.82, 2.24) is 4.98 Å². The number of aromatic carboxylic acids is 1. The van der Waals surface area contributed by atoms with E-state index in [9.17, 15) is 22.7 Å². The highest BCUT2D eigenvalue weighted by molar-refractivity contribution is 7.92. The number of carbonyl (C=O) groups is 1. The van der Waals surface area contributed by atoms with Crippen molar-refractivity contribution in [1.29, 1.82) is 0 Å². The van der Waals surface area contributed by atoms with E-state index in [1.807, 2.05) is 20.8 Å². The van der Waals surface area contributed by atoms with E-state index in [1.165, 1.54) is 23.5 Å². The predicted octanol–water partition coefficient (Wildman–Crippen LogP) is 5.94. The quantitative estimate of drug-likeness (QED) is 0.428. The average molecular weight is 507 g/mol. The molecular formula is C24H27FN2O5S2. The highest BCUT2D eigenvalue weighted by Crippen LogP contribution is 2.34. The lowest BCUT2D eigenvalue weighted by Gasteiger charge is -2.23. The number of thiazole rings is 1. The Kier molecular flexibility index (Phi) is 6.56. The number of sulfonamides is 1. The number of ether oxygens (including phenoxy) is 1. The average Bonchev–Trinajstić information content (AvgIpc) is 3.20. The molecule has 3 aromatic rings. The molecule has 4 rings (SSSR count). The topological polar surface area (TPSA) is 106 Å². The minimum absolute atomic E-state index is 0.0663. The number of nitrogens with one attached hydrogen (secondary N) is 1. The fourth-order valence-corrected chi connectivity index (χ4v) is 6.10. The largest absolute Gasteiger partial charge is 0.487 e. The summed E-state index contributed by atoms with van der Waals surface area (Å²) in [7, 11) is -4.19. The van der Waals surface area contributed by atoms with Crippen molar-refractivity contribution in [2.45, 2.75) is 69.3 Å². The number of carboxylic acid groups (broad SMARTS) is 1. The number of nitrogens with zero attached hydrogens (tertiary/aromatic N) is 1. The lowest BCUT2D eigenvalue weighted by atomic mass is 9.98. The van der Waals surface area contributed by atoms with E-state index < -0.39 is 21.8 Å². The minimum atomic E-state index is -4.19. The summed E-state index contributed by atoms with van der Waals surface area (Å²) in [6.45, 7) is 6.06. The van der Waals surface area contributed by atoms with Crippen LogP contribution in [0.1, 0.15) is 68.2 Å². The van der Waals surface area contributed by atoms with Crippen LogP contribution >= 0.6 is 11.3 Å². The van der Waals surface area contributed by atoms with Crippen LogP contribution in [0, 0.1) is 5.82 Å². The van der Waals surface area contributed by atoms with Gasteiger partial charge in [-0.1, -0.05) is 27.2 Å². The molecule has 34 heavy (non-hydrogen) atoms. The van der Waals surface area contributed by atoms with Gasteiger partial charge >= 0.3 is 5.97 Å². The zero-order chi connectivity index (χ0) is 24.7. The van der Waals surface area contributed by atoms with Crippen molar-refractivity contribution in [2.75, 3.05) is 4.72 Å². The summed E-state index contributed by atoms with van der Waals surface area (Å²) in [6, 6.07) is 6.40. The van der Waals surface area contributed by atoms with Gasteiger partial charge in [0.1, 0.15) is 0 Å². The molecule has 10 heteroatoms. The van der Waals surface area contributed by atoms with Crippen LogP contribution < -0.4 is 9.46 Å². The molecule has 0 unspecified atom stereocenters. The third-order valence-electron chi connectivity index (χ3n) is 5.70. The van der Waals surface area contributed by atoms with E-state index >= 15 is 0 Å². The monoisotopic (exact) mass is 506 g/mol. The number of halogens is 1. The number of fused-ring (bicyclic) bond motifs is 1. The molecule has 0 amide bonds. The molecule has 7 nitrogen and oxygen atoms in total. The van der Waals surface area contributed by atoms with E-state index in [1.54, 1.807) is 6.07 Å². The molecule has 1 aliphatic rings. The Morgan fingerprint density at radius 3 is 2.53 bits per heavy atom. The molecule has 0 saturated heterocycles. The zero-order valence-corrected chi connectivity index (χ0v) is 20.9. The summed E-state index contributed by atoms with van der Waals surface area (Å²) < 4.78 is 49.5. The molecule has 1 fully saturated rings. The van der Waals surface area contributed by atoms with Crippen LogP contribution in [0.25, 0.3) is 10.2 Å².